The van der Waals surface area contributed by atoms with Crippen LogP contribution in [0.4, 0.5) is 4.79 Å². The minimum atomic E-state index is -0.455. The van der Waals surface area contributed by atoms with Gasteiger partial charge in [0.05, 0.1) is 5.52 Å². The van der Waals surface area contributed by atoms with Gasteiger partial charge in [-0.1, -0.05) is 30.3 Å². The first-order valence-corrected chi connectivity index (χ1v) is 7.14. The summed E-state index contributed by atoms with van der Waals surface area (Å²) in [5.74, 6) is 0.0615. The second-order valence-corrected chi connectivity index (χ2v) is 5.04. The summed E-state index contributed by atoms with van der Waals surface area (Å²) in [7, 11) is 0. The summed E-state index contributed by atoms with van der Waals surface area (Å²) in [5.41, 5.74) is 1.62. The van der Waals surface area contributed by atoms with Gasteiger partial charge < -0.3 is 9.47 Å². The molecule has 0 atom stereocenters. The van der Waals surface area contributed by atoms with Gasteiger partial charge in [-0.3, -0.25) is 9.36 Å². The van der Waals surface area contributed by atoms with Crippen molar-refractivity contribution in [1.29, 1.82) is 0 Å². The molecule has 0 aliphatic rings. The molecule has 0 saturated heterocycles. The first-order chi connectivity index (χ1) is 11.1. The lowest BCUT2D eigenvalue weighted by Gasteiger charge is -2.07. The van der Waals surface area contributed by atoms with Crippen LogP contribution >= 0.6 is 0 Å². The van der Waals surface area contributed by atoms with Crippen molar-refractivity contribution >= 4 is 23.0 Å². The second-order valence-electron chi connectivity index (χ2n) is 5.04. The summed E-state index contributed by atoms with van der Waals surface area (Å²) in [5, 5.41) is 0.792. The van der Waals surface area contributed by atoms with E-state index >= 15 is 0 Å². The fourth-order valence-corrected chi connectivity index (χ4v) is 2.30. The van der Waals surface area contributed by atoms with E-state index < -0.39 is 6.09 Å². The quantitative estimate of drug-likeness (QED) is 0.546. The number of benzene rings is 2. The van der Waals surface area contributed by atoms with Crippen LogP contribution in [0.25, 0.3) is 10.9 Å². The normalized spacial score (nSPS) is 10.5. The standard InChI is InChI=1S/C18H15NO4/c1-13(20)23-16-7-8-17-15(11-16)9-10-19(17)18(21)22-12-14-5-3-2-4-6-14/h2-11H,12H2,1H3. The largest absolute Gasteiger partial charge is 0.444 e. The van der Waals surface area contributed by atoms with Gasteiger partial charge in [-0.2, -0.15) is 0 Å². The second kappa shape index (κ2) is 6.36. The maximum atomic E-state index is 12.2. The molecule has 3 aromatic rings. The van der Waals surface area contributed by atoms with E-state index in [4.69, 9.17) is 9.47 Å². The van der Waals surface area contributed by atoms with Crippen molar-refractivity contribution in [2.24, 2.45) is 0 Å². The third-order valence-corrected chi connectivity index (χ3v) is 3.33. The predicted molar refractivity (Wildman–Crippen MR) is 85.3 cm³/mol. The molecule has 0 amide bonds. The number of nitrogens with zero attached hydrogens (tertiary/aromatic N) is 1. The van der Waals surface area contributed by atoms with E-state index in [1.165, 1.54) is 11.5 Å². The zero-order chi connectivity index (χ0) is 16.2. The molecule has 5 nitrogen and oxygen atoms in total. The smallest absolute Gasteiger partial charge is 0.418 e. The van der Waals surface area contributed by atoms with Gasteiger partial charge >= 0.3 is 12.1 Å². The number of hydrogen-bond donors (Lipinski definition) is 0. The highest BCUT2D eigenvalue weighted by Crippen LogP contribution is 2.22. The number of fused-ring (bicyclic) bond motifs is 1. The molecular formula is C18H15NO4. The minimum absolute atomic E-state index is 0.213. The topological polar surface area (TPSA) is 57.5 Å². The van der Waals surface area contributed by atoms with E-state index in [2.05, 4.69) is 0 Å². The van der Waals surface area contributed by atoms with Crippen LogP contribution in [0.2, 0.25) is 0 Å². The lowest BCUT2D eigenvalue weighted by molar-refractivity contribution is -0.131. The van der Waals surface area contributed by atoms with Crippen LogP contribution in [0.3, 0.4) is 0 Å². The highest BCUT2D eigenvalue weighted by Gasteiger charge is 2.11. The number of carbonyl (C=O) groups excluding carboxylic acids is 2. The van der Waals surface area contributed by atoms with Crippen LogP contribution in [0.1, 0.15) is 12.5 Å². The fourth-order valence-electron chi connectivity index (χ4n) is 2.30. The molecule has 0 aliphatic heterocycles. The average Bonchev–Trinajstić information content (AvgIpc) is 2.96. The Morgan fingerprint density at radius 2 is 1.83 bits per heavy atom. The van der Waals surface area contributed by atoms with E-state index in [0.717, 1.165) is 10.9 Å². The molecule has 0 N–H and O–H groups in total. The van der Waals surface area contributed by atoms with Gasteiger partial charge in [0.1, 0.15) is 12.4 Å². The number of ether oxygens (including phenoxy) is 2. The zero-order valence-electron chi connectivity index (χ0n) is 12.6. The molecule has 0 aliphatic carbocycles. The number of rotatable bonds is 3. The molecule has 1 aromatic heterocycles. The fraction of sp³-hybridized carbons (Fsp3) is 0.111. The minimum Gasteiger partial charge on any atom is -0.444 e. The highest BCUT2D eigenvalue weighted by atomic mass is 16.5. The number of hydrogen-bond acceptors (Lipinski definition) is 4. The van der Waals surface area contributed by atoms with Gasteiger partial charge in [0.15, 0.2) is 0 Å². The summed E-state index contributed by atoms with van der Waals surface area (Å²) in [6.07, 6.45) is 1.18. The molecule has 116 valence electrons. The van der Waals surface area contributed by atoms with Crippen LogP contribution in [0.5, 0.6) is 5.75 Å². The molecule has 0 saturated carbocycles. The molecule has 1 heterocycles. The summed E-state index contributed by atoms with van der Waals surface area (Å²) >= 11 is 0. The lowest BCUT2D eigenvalue weighted by atomic mass is 10.2. The lowest BCUT2D eigenvalue weighted by Crippen LogP contribution is -2.12. The Morgan fingerprint density at radius 1 is 1.04 bits per heavy atom. The molecule has 0 radical (unpaired) electrons. The van der Waals surface area contributed by atoms with Crippen LogP contribution in [0, 0.1) is 0 Å². The Hall–Kier alpha value is -3.08. The van der Waals surface area contributed by atoms with Crippen molar-refractivity contribution in [3.8, 4) is 5.75 Å². The SMILES string of the molecule is CC(=O)Oc1ccc2c(ccn2C(=O)OCc2ccccc2)c1. The summed E-state index contributed by atoms with van der Waals surface area (Å²) in [6.45, 7) is 1.56. The van der Waals surface area contributed by atoms with Gasteiger partial charge in [-0.25, -0.2) is 4.79 Å². The molecule has 0 bridgehead atoms. The Balaban J connectivity index is 1.77. The Morgan fingerprint density at radius 3 is 2.57 bits per heavy atom. The third kappa shape index (κ3) is 3.40. The molecule has 0 unspecified atom stereocenters. The van der Waals surface area contributed by atoms with E-state index in [-0.39, 0.29) is 12.6 Å². The van der Waals surface area contributed by atoms with Crippen molar-refractivity contribution < 1.29 is 19.1 Å². The maximum absolute atomic E-state index is 12.2. The third-order valence-electron chi connectivity index (χ3n) is 3.33. The van der Waals surface area contributed by atoms with Crippen molar-refractivity contribution in [3.63, 3.8) is 0 Å². The Labute approximate surface area is 133 Å². The first kappa shape index (κ1) is 14.8. The molecule has 3 rings (SSSR count). The van der Waals surface area contributed by atoms with E-state index in [0.29, 0.717) is 11.3 Å². The maximum Gasteiger partial charge on any atom is 0.418 e. The van der Waals surface area contributed by atoms with Gasteiger partial charge in [-0.15, -0.1) is 0 Å². The highest BCUT2D eigenvalue weighted by molar-refractivity contribution is 5.90. The number of esters is 1. The van der Waals surface area contributed by atoms with Gasteiger partial charge in [0.25, 0.3) is 0 Å². The molecule has 0 spiro atoms. The molecule has 0 fully saturated rings. The van der Waals surface area contributed by atoms with E-state index in [9.17, 15) is 9.59 Å². The van der Waals surface area contributed by atoms with Crippen LogP contribution in [-0.2, 0) is 16.1 Å². The van der Waals surface area contributed by atoms with Crippen LogP contribution < -0.4 is 4.74 Å². The van der Waals surface area contributed by atoms with Crippen molar-refractivity contribution in [2.75, 3.05) is 0 Å². The molecule has 23 heavy (non-hydrogen) atoms. The first-order valence-electron chi connectivity index (χ1n) is 7.14. The predicted octanol–water partition coefficient (Wildman–Crippen LogP) is 3.75. The summed E-state index contributed by atoms with van der Waals surface area (Å²) < 4.78 is 11.8. The van der Waals surface area contributed by atoms with E-state index in [1.54, 1.807) is 30.5 Å². The Bertz CT molecular complexity index is 852. The molecular weight excluding hydrogens is 294 g/mol. The molecule has 5 heteroatoms. The number of aromatic nitrogens is 1. The summed E-state index contributed by atoms with van der Waals surface area (Å²) in [4.78, 5) is 23.2. The van der Waals surface area contributed by atoms with Gasteiger partial charge in [0, 0.05) is 18.5 Å². The Kier molecular flexibility index (Phi) is 4.10. The van der Waals surface area contributed by atoms with Crippen molar-refractivity contribution in [3.05, 3.63) is 66.4 Å². The van der Waals surface area contributed by atoms with Crippen LogP contribution in [0.15, 0.2) is 60.8 Å². The van der Waals surface area contributed by atoms with Gasteiger partial charge in [0.2, 0.25) is 0 Å². The average molecular weight is 309 g/mol. The zero-order valence-corrected chi connectivity index (χ0v) is 12.6. The summed E-state index contributed by atoms with van der Waals surface area (Å²) in [6, 6.07) is 16.3. The van der Waals surface area contributed by atoms with Gasteiger partial charge in [-0.05, 0) is 29.8 Å². The van der Waals surface area contributed by atoms with Crippen LogP contribution in [-0.4, -0.2) is 16.6 Å². The monoisotopic (exact) mass is 309 g/mol. The van der Waals surface area contributed by atoms with E-state index in [1.807, 2.05) is 30.3 Å². The van der Waals surface area contributed by atoms with Crippen molar-refractivity contribution in [1.82, 2.24) is 4.57 Å². The molecule has 2 aromatic carbocycles. The van der Waals surface area contributed by atoms with Crippen molar-refractivity contribution in [2.45, 2.75) is 13.5 Å². The number of carbonyl (C=O) groups is 2.